The van der Waals surface area contributed by atoms with E-state index < -0.39 is 0 Å². The molecule has 1 rings (SSSR count). The van der Waals surface area contributed by atoms with Crippen molar-refractivity contribution in [1.82, 2.24) is 15.5 Å². The zero-order valence-electron chi connectivity index (χ0n) is 16.9. The van der Waals surface area contributed by atoms with Gasteiger partial charge >= 0.3 is 0 Å². The minimum atomic E-state index is 0. The van der Waals surface area contributed by atoms with Gasteiger partial charge in [-0.25, -0.2) is 0 Å². The highest BCUT2D eigenvalue weighted by Crippen LogP contribution is 2.08. The van der Waals surface area contributed by atoms with Gasteiger partial charge in [-0.3, -0.25) is 9.89 Å². The minimum Gasteiger partial charge on any atom is -0.379 e. The summed E-state index contributed by atoms with van der Waals surface area (Å²) in [6, 6.07) is 0.481. The number of rotatable bonds is 11. The first-order valence-corrected chi connectivity index (χ1v) is 9.96. The lowest BCUT2D eigenvalue weighted by atomic mass is 10.0. The van der Waals surface area contributed by atoms with Gasteiger partial charge in [0.1, 0.15) is 0 Å². The zero-order chi connectivity index (χ0) is 17.6. The largest absolute Gasteiger partial charge is 0.379 e. The fraction of sp³-hybridized carbons (Fsp3) is 0.947. The second-order valence-corrected chi connectivity index (χ2v) is 7.29. The molecule has 1 fully saturated rings. The van der Waals surface area contributed by atoms with Gasteiger partial charge in [0, 0.05) is 32.2 Å². The van der Waals surface area contributed by atoms with Crippen LogP contribution in [-0.2, 0) is 4.74 Å². The molecule has 1 aliphatic rings. The molecular weight excluding hydrogens is 427 g/mol. The molecule has 150 valence electrons. The normalized spacial score (nSPS) is 17.2. The Bertz CT molecular complexity index is 333. The van der Waals surface area contributed by atoms with Gasteiger partial charge in [-0.2, -0.15) is 0 Å². The molecule has 2 N–H and O–H groups in total. The quantitative estimate of drug-likeness (QED) is 0.211. The third kappa shape index (κ3) is 13.7. The van der Waals surface area contributed by atoms with Crippen molar-refractivity contribution >= 4 is 29.9 Å². The molecule has 0 saturated carbocycles. The van der Waals surface area contributed by atoms with Crippen LogP contribution in [0.4, 0.5) is 0 Å². The van der Waals surface area contributed by atoms with Crippen LogP contribution in [0.2, 0.25) is 0 Å². The van der Waals surface area contributed by atoms with Crippen molar-refractivity contribution in [2.24, 2.45) is 10.9 Å². The monoisotopic (exact) mass is 468 g/mol. The fourth-order valence-electron chi connectivity index (χ4n) is 2.92. The fourth-order valence-corrected chi connectivity index (χ4v) is 2.92. The van der Waals surface area contributed by atoms with Gasteiger partial charge in [0.2, 0.25) is 0 Å². The van der Waals surface area contributed by atoms with Gasteiger partial charge in [0.05, 0.1) is 13.2 Å². The summed E-state index contributed by atoms with van der Waals surface area (Å²) in [5, 5.41) is 6.91. The molecule has 1 unspecified atom stereocenters. The van der Waals surface area contributed by atoms with Crippen molar-refractivity contribution in [1.29, 1.82) is 0 Å². The van der Waals surface area contributed by atoms with Crippen molar-refractivity contribution in [3.05, 3.63) is 0 Å². The molecule has 1 atom stereocenters. The van der Waals surface area contributed by atoms with Gasteiger partial charge in [-0.05, 0) is 45.6 Å². The number of aliphatic imine (C=N–C) groups is 1. The van der Waals surface area contributed by atoms with Crippen molar-refractivity contribution in [3.63, 3.8) is 0 Å². The van der Waals surface area contributed by atoms with Gasteiger partial charge in [-0.1, -0.05) is 26.7 Å². The Labute approximate surface area is 172 Å². The first-order chi connectivity index (χ1) is 11.6. The van der Waals surface area contributed by atoms with E-state index in [1.807, 2.05) is 0 Å². The lowest BCUT2D eigenvalue weighted by molar-refractivity contribution is 0.0373. The van der Waals surface area contributed by atoms with E-state index in [9.17, 15) is 0 Å². The van der Waals surface area contributed by atoms with Crippen molar-refractivity contribution in [2.45, 2.75) is 65.8 Å². The number of nitrogens with zero attached hydrogens (tertiary/aromatic N) is 2. The topological polar surface area (TPSA) is 48.9 Å². The van der Waals surface area contributed by atoms with Gasteiger partial charge in [0.25, 0.3) is 0 Å². The van der Waals surface area contributed by atoms with E-state index in [4.69, 9.17) is 9.73 Å². The smallest absolute Gasteiger partial charge is 0.191 e. The summed E-state index contributed by atoms with van der Waals surface area (Å²) in [6.45, 7) is 15.9. The van der Waals surface area contributed by atoms with Gasteiger partial charge in [-0.15, -0.1) is 24.0 Å². The molecule has 1 saturated heterocycles. The van der Waals surface area contributed by atoms with Crippen LogP contribution in [0.25, 0.3) is 0 Å². The Morgan fingerprint density at radius 1 is 1.08 bits per heavy atom. The number of morpholine rings is 1. The summed E-state index contributed by atoms with van der Waals surface area (Å²) >= 11 is 0. The Balaban J connectivity index is 0.00000576. The molecule has 0 spiro atoms. The maximum atomic E-state index is 5.38. The highest BCUT2D eigenvalue weighted by atomic mass is 127. The average molecular weight is 468 g/mol. The van der Waals surface area contributed by atoms with Crippen LogP contribution >= 0.6 is 24.0 Å². The van der Waals surface area contributed by atoms with E-state index in [-0.39, 0.29) is 24.0 Å². The van der Waals surface area contributed by atoms with Crippen molar-refractivity contribution in [2.75, 3.05) is 45.9 Å². The molecule has 0 amide bonds. The lowest BCUT2D eigenvalue weighted by Gasteiger charge is -2.26. The number of nitrogens with one attached hydrogen (secondary N) is 2. The number of unbranched alkanes of at least 4 members (excludes halogenated alkanes) is 1. The summed E-state index contributed by atoms with van der Waals surface area (Å²) < 4.78 is 5.38. The Kier molecular flexibility index (Phi) is 16.1. The van der Waals surface area contributed by atoms with Crippen LogP contribution in [0.1, 0.15) is 59.8 Å². The highest BCUT2D eigenvalue weighted by Gasteiger charge is 2.09. The predicted molar refractivity (Wildman–Crippen MR) is 119 cm³/mol. The Hall–Kier alpha value is -0.0800. The van der Waals surface area contributed by atoms with Crippen LogP contribution < -0.4 is 10.6 Å². The summed E-state index contributed by atoms with van der Waals surface area (Å²) in [7, 11) is 0. The predicted octanol–water partition coefficient (Wildman–Crippen LogP) is 3.49. The van der Waals surface area contributed by atoms with Crippen LogP contribution in [0, 0.1) is 5.92 Å². The third-order valence-corrected chi connectivity index (χ3v) is 4.40. The third-order valence-electron chi connectivity index (χ3n) is 4.40. The second-order valence-electron chi connectivity index (χ2n) is 7.29. The molecule has 0 radical (unpaired) electrons. The number of hydrogen-bond acceptors (Lipinski definition) is 3. The zero-order valence-corrected chi connectivity index (χ0v) is 19.2. The van der Waals surface area contributed by atoms with E-state index in [2.05, 4.69) is 43.2 Å². The SMILES string of the molecule is CCNC(=NCCCCN1CCOCC1)NC(C)CCCC(C)C.I. The number of halogens is 1. The lowest BCUT2D eigenvalue weighted by Crippen LogP contribution is -2.42. The standard InChI is InChI=1S/C19H40N4O.HI/c1-5-20-19(22-18(4)10-8-9-17(2)3)21-11-6-7-12-23-13-15-24-16-14-23;/h17-18H,5-16H2,1-4H3,(H2,20,21,22);1H. The van der Waals surface area contributed by atoms with Gasteiger partial charge < -0.3 is 15.4 Å². The van der Waals surface area contributed by atoms with E-state index in [1.165, 1.54) is 32.2 Å². The molecule has 6 heteroatoms. The molecule has 1 aliphatic heterocycles. The minimum absolute atomic E-state index is 0. The molecule has 25 heavy (non-hydrogen) atoms. The molecule has 0 aromatic heterocycles. The number of ether oxygens (including phenoxy) is 1. The molecule has 0 bridgehead atoms. The van der Waals surface area contributed by atoms with E-state index >= 15 is 0 Å². The maximum Gasteiger partial charge on any atom is 0.191 e. The van der Waals surface area contributed by atoms with Crippen LogP contribution in [0.5, 0.6) is 0 Å². The number of hydrogen-bond donors (Lipinski definition) is 2. The average Bonchev–Trinajstić information content (AvgIpc) is 2.55. The molecule has 0 aromatic carbocycles. The second kappa shape index (κ2) is 16.1. The Morgan fingerprint density at radius 3 is 2.44 bits per heavy atom. The maximum absolute atomic E-state index is 5.38. The van der Waals surface area contributed by atoms with Crippen LogP contribution in [-0.4, -0.2) is 62.8 Å². The molecule has 1 heterocycles. The van der Waals surface area contributed by atoms with Crippen molar-refractivity contribution < 1.29 is 4.74 Å². The first kappa shape index (κ1) is 24.9. The van der Waals surface area contributed by atoms with E-state index in [0.29, 0.717) is 6.04 Å². The molecular formula is C19H41IN4O. The summed E-state index contributed by atoms with van der Waals surface area (Å²) in [6.07, 6.45) is 6.16. The molecule has 0 aliphatic carbocycles. The summed E-state index contributed by atoms with van der Waals surface area (Å²) in [5.41, 5.74) is 0. The summed E-state index contributed by atoms with van der Waals surface area (Å²) in [5.74, 6) is 1.77. The molecule has 5 nitrogen and oxygen atoms in total. The first-order valence-electron chi connectivity index (χ1n) is 9.96. The van der Waals surface area contributed by atoms with Crippen molar-refractivity contribution in [3.8, 4) is 0 Å². The molecule has 0 aromatic rings. The Morgan fingerprint density at radius 2 is 1.80 bits per heavy atom. The summed E-state index contributed by atoms with van der Waals surface area (Å²) in [4.78, 5) is 7.22. The van der Waals surface area contributed by atoms with E-state index in [1.54, 1.807) is 0 Å². The highest BCUT2D eigenvalue weighted by molar-refractivity contribution is 14.0. The van der Waals surface area contributed by atoms with Crippen LogP contribution in [0.15, 0.2) is 4.99 Å². The van der Waals surface area contributed by atoms with E-state index in [0.717, 1.165) is 57.7 Å². The van der Waals surface area contributed by atoms with Crippen LogP contribution in [0.3, 0.4) is 0 Å². The number of guanidine groups is 1. The van der Waals surface area contributed by atoms with Gasteiger partial charge in [0.15, 0.2) is 5.96 Å².